The van der Waals surface area contributed by atoms with Gasteiger partial charge in [0.15, 0.2) is 0 Å². The number of amides is 1. The van der Waals surface area contributed by atoms with E-state index in [-0.39, 0.29) is 12.4 Å². The van der Waals surface area contributed by atoms with Gasteiger partial charge in [-0.3, -0.25) is 4.90 Å². The molecule has 0 aromatic carbocycles. The molecule has 0 aliphatic rings. The van der Waals surface area contributed by atoms with Gasteiger partial charge in [-0.2, -0.15) is 0 Å². The van der Waals surface area contributed by atoms with E-state index >= 15 is 0 Å². The van der Waals surface area contributed by atoms with Crippen molar-refractivity contribution in [1.29, 1.82) is 0 Å². The molecular formula is C7H16ClNO. The maximum Gasteiger partial charge on any atom is 0.299 e. The third kappa shape index (κ3) is 6.05. The number of carbonyl (C=O) groups excluding carboxylic acids is 1. The van der Waals surface area contributed by atoms with Crippen LogP contribution in [0.1, 0.15) is 26.7 Å². The average Bonchev–Trinajstić information content (AvgIpc) is 1.88. The molecule has 3 heteroatoms. The van der Waals surface area contributed by atoms with Gasteiger partial charge in [0.1, 0.15) is 0 Å². The van der Waals surface area contributed by atoms with Crippen molar-refractivity contribution in [2.45, 2.75) is 26.7 Å². The monoisotopic (exact) mass is 165 g/mol. The first-order valence-electron chi connectivity index (χ1n) is 3.65. The topological polar surface area (TPSA) is 21.5 Å². The molecule has 0 saturated heterocycles. The molecule has 0 fully saturated rings. The second-order valence-corrected chi connectivity index (χ2v) is 2.28. The van der Waals surface area contributed by atoms with Crippen LogP contribution >= 0.6 is 0 Å². The first-order valence-corrected chi connectivity index (χ1v) is 3.65. The highest BCUT2D eigenvalue weighted by atomic mass is 35.5. The zero-order valence-electron chi connectivity index (χ0n) is 6.69. The second-order valence-electron chi connectivity index (χ2n) is 2.28. The molecule has 0 radical (unpaired) electrons. The molecule has 0 unspecified atom stereocenters. The van der Waals surface area contributed by atoms with Crippen LogP contribution in [-0.4, -0.2) is 19.5 Å². The Balaban J connectivity index is 0. The first kappa shape index (κ1) is 12.6. The van der Waals surface area contributed by atoms with Crippen LogP contribution in [0.3, 0.4) is 0 Å². The Morgan fingerprint density at radius 1 is 1.20 bits per heavy atom. The van der Waals surface area contributed by atoms with Crippen LogP contribution in [0, 0.1) is 0 Å². The van der Waals surface area contributed by atoms with Crippen LogP contribution in [0.15, 0.2) is 0 Å². The zero-order valence-corrected chi connectivity index (χ0v) is 7.45. The second kappa shape index (κ2) is 8.92. The summed E-state index contributed by atoms with van der Waals surface area (Å²) in [5.74, 6) is 0. The summed E-state index contributed by atoms with van der Waals surface area (Å²) in [7, 11) is 0. The average molecular weight is 166 g/mol. The van der Waals surface area contributed by atoms with Gasteiger partial charge < -0.3 is 12.4 Å². The summed E-state index contributed by atoms with van der Waals surface area (Å²) in [6.07, 6.45) is 3.19. The van der Waals surface area contributed by atoms with Crippen molar-refractivity contribution in [3.8, 4) is 0 Å². The zero-order chi connectivity index (χ0) is 7.11. The summed E-state index contributed by atoms with van der Waals surface area (Å²) in [5, 5.41) is 0. The maximum absolute atomic E-state index is 10.2. The molecule has 1 amide bonds. The van der Waals surface area contributed by atoms with Crippen LogP contribution in [0.2, 0.25) is 0 Å². The van der Waals surface area contributed by atoms with E-state index in [2.05, 4.69) is 13.8 Å². The highest BCUT2D eigenvalue weighted by Gasteiger charge is 2.00. The van der Waals surface area contributed by atoms with Gasteiger partial charge in [0.05, 0.1) is 13.1 Å². The highest BCUT2D eigenvalue weighted by Crippen LogP contribution is 1.66. The normalized spacial score (nSPS) is 9.10. The van der Waals surface area contributed by atoms with Crippen molar-refractivity contribution < 1.29 is 22.1 Å². The molecule has 0 aromatic heterocycles. The van der Waals surface area contributed by atoms with E-state index in [1.807, 2.05) is 0 Å². The lowest BCUT2D eigenvalue weighted by Gasteiger charge is -2.07. The summed E-state index contributed by atoms with van der Waals surface area (Å²) in [5.41, 5.74) is 0. The summed E-state index contributed by atoms with van der Waals surface area (Å²) >= 11 is 0. The van der Waals surface area contributed by atoms with Crippen LogP contribution in [0.25, 0.3) is 0 Å². The Labute approximate surface area is 69.0 Å². The minimum absolute atomic E-state index is 0. The molecule has 0 aliphatic carbocycles. The van der Waals surface area contributed by atoms with Gasteiger partial charge in [-0.05, 0) is 12.8 Å². The Hall–Kier alpha value is -0.0800. The summed E-state index contributed by atoms with van der Waals surface area (Å²) in [6.45, 7) is 6.16. The van der Waals surface area contributed by atoms with E-state index in [0.717, 1.165) is 37.2 Å². The van der Waals surface area contributed by atoms with Gasteiger partial charge >= 0.3 is 0 Å². The van der Waals surface area contributed by atoms with Crippen LogP contribution < -0.4 is 17.3 Å². The molecule has 0 aliphatic heterocycles. The van der Waals surface area contributed by atoms with Gasteiger partial charge in [-0.1, -0.05) is 13.8 Å². The van der Waals surface area contributed by atoms with E-state index in [1.54, 1.807) is 0 Å². The molecule has 2 nitrogen and oxygen atoms in total. The third-order valence-electron chi connectivity index (χ3n) is 1.31. The molecule has 0 spiro atoms. The van der Waals surface area contributed by atoms with E-state index in [9.17, 15) is 4.79 Å². The van der Waals surface area contributed by atoms with Crippen molar-refractivity contribution in [3.63, 3.8) is 0 Å². The van der Waals surface area contributed by atoms with Crippen molar-refractivity contribution in [3.05, 3.63) is 0 Å². The standard InChI is InChI=1S/C7H15NO.ClH/c1-3-5-8(7-9)6-4-2;/h7H,3-6H2,1-2H3;1H. The van der Waals surface area contributed by atoms with Crippen LogP contribution in [0.4, 0.5) is 0 Å². The predicted molar refractivity (Wildman–Crippen MR) is 37.3 cm³/mol. The fourth-order valence-corrected chi connectivity index (χ4v) is 0.885. The number of rotatable bonds is 5. The van der Waals surface area contributed by atoms with E-state index < -0.39 is 0 Å². The van der Waals surface area contributed by atoms with Gasteiger partial charge in [0, 0.05) is 0 Å². The van der Waals surface area contributed by atoms with E-state index in [0.29, 0.717) is 0 Å². The third-order valence-corrected chi connectivity index (χ3v) is 1.31. The fraction of sp³-hybridized carbons (Fsp3) is 0.857. The smallest absolute Gasteiger partial charge is 0.299 e. The molecule has 10 heavy (non-hydrogen) atoms. The van der Waals surface area contributed by atoms with E-state index in [4.69, 9.17) is 0 Å². The molecule has 1 N–H and O–H groups in total. The van der Waals surface area contributed by atoms with Crippen LogP contribution in [-0.2, 0) is 4.79 Å². The lowest BCUT2D eigenvalue weighted by molar-refractivity contribution is -0.810. The molecular weight excluding hydrogens is 150 g/mol. The maximum atomic E-state index is 10.2. The summed E-state index contributed by atoms with van der Waals surface area (Å²) < 4.78 is 0. The largest absolute Gasteiger partial charge is 1.00 e. The summed E-state index contributed by atoms with van der Waals surface area (Å²) in [4.78, 5) is 11.3. The predicted octanol–water partition coefficient (Wildman–Crippen LogP) is -3.15. The van der Waals surface area contributed by atoms with Gasteiger partial charge in [-0.15, -0.1) is 0 Å². The Morgan fingerprint density at radius 3 is 1.80 bits per heavy atom. The molecule has 0 bridgehead atoms. The quantitative estimate of drug-likeness (QED) is 0.427. The van der Waals surface area contributed by atoms with Gasteiger partial charge in [-0.25, -0.2) is 4.79 Å². The number of halogens is 1. The molecule has 0 rings (SSSR count). The Morgan fingerprint density at radius 2 is 1.60 bits per heavy atom. The SMILES string of the molecule is CCC[NH+](C=O)CCC.[Cl-]. The minimum atomic E-state index is 0. The molecule has 0 atom stereocenters. The number of hydrogen-bond acceptors (Lipinski definition) is 1. The lowest BCUT2D eigenvalue weighted by Crippen LogP contribution is -3.11. The minimum Gasteiger partial charge on any atom is -1.00 e. The Bertz CT molecular complexity index is 72.0. The summed E-state index contributed by atoms with van der Waals surface area (Å²) in [6, 6.07) is 0. The van der Waals surface area contributed by atoms with Crippen molar-refractivity contribution in [2.75, 3.05) is 13.1 Å². The lowest BCUT2D eigenvalue weighted by atomic mass is 10.4. The Kier molecular flexibility index (Phi) is 11.2. The highest BCUT2D eigenvalue weighted by molar-refractivity contribution is 5.33. The number of hydrogen-bond donors (Lipinski definition) is 1. The van der Waals surface area contributed by atoms with Gasteiger partial charge in [0.25, 0.3) is 6.41 Å². The van der Waals surface area contributed by atoms with Crippen molar-refractivity contribution in [1.82, 2.24) is 0 Å². The molecule has 0 heterocycles. The van der Waals surface area contributed by atoms with Gasteiger partial charge in [0.2, 0.25) is 0 Å². The molecule has 62 valence electrons. The first-order chi connectivity index (χ1) is 4.35. The number of quaternary nitrogens is 1. The molecule has 0 saturated carbocycles. The van der Waals surface area contributed by atoms with Crippen molar-refractivity contribution >= 4 is 6.41 Å². The number of carbonyl (C=O) groups is 1. The molecule has 0 aromatic rings. The fourth-order valence-electron chi connectivity index (χ4n) is 0.885. The number of nitrogens with one attached hydrogen (secondary N) is 1. The van der Waals surface area contributed by atoms with Crippen molar-refractivity contribution in [2.24, 2.45) is 0 Å². The van der Waals surface area contributed by atoms with E-state index in [1.165, 1.54) is 0 Å². The van der Waals surface area contributed by atoms with Crippen LogP contribution in [0.5, 0.6) is 0 Å².